The zero-order valence-electron chi connectivity index (χ0n) is 10.9. The first kappa shape index (κ1) is 13.3. The fraction of sp³-hybridized carbons (Fsp3) is 0.200. The quantitative estimate of drug-likeness (QED) is 0.770. The summed E-state index contributed by atoms with van der Waals surface area (Å²) >= 11 is 3.40. The van der Waals surface area contributed by atoms with E-state index in [9.17, 15) is 0 Å². The number of benzene rings is 1. The number of rotatable bonds is 4. The van der Waals surface area contributed by atoms with E-state index in [1.165, 1.54) is 5.56 Å². The van der Waals surface area contributed by atoms with Gasteiger partial charge >= 0.3 is 0 Å². The largest absolute Gasteiger partial charge is 0.339 e. The Morgan fingerprint density at radius 2 is 2.05 bits per heavy atom. The fourth-order valence-corrected chi connectivity index (χ4v) is 2.50. The second-order valence-corrected chi connectivity index (χ2v) is 5.69. The molecule has 20 heavy (non-hydrogen) atoms. The van der Waals surface area contributed by atoms with Crippen molar-refractivity contribution in [3.63, 3.8) is 0 Å². The van der Waals surface area contributed by atoms with Crippen molar-refractivity contribution in [3.8, 4) is 0 Å². The Labute approximate surface area is 125 Å². The lowest BCUT2D eigenvalue weighted by atomic mass is 10.1. The number of nitrogens with zero attached hydrogens (tertiary/aromatic N) is 2. The Kier molecular flexibility index (Phi) is 3.80. The second kappa shape index (κ2) is 5.73. The molecule has 0 saturated heterocycles. The second-order valence-electron chi connectivity index (χ2n) is 4.78. The predicted octanol–water partition coefficient (Wildman–Crippen LogP) is 3.35. The van der Waals surface area contributed by atoms with Crippen LogP contribution in [0.25, 0.3) is 11.2 Å². The average Bonchev–Trinajstić information content (AvgIpc) is 2.89. The lowest BCUT2D eigenvalue weighted by Gasteiger charge is -2.08. The van der Waals surface area contributed by atoms with Gasteiger partial charge in [-0.15, -0.1) is 0 Å². The van der Waals surface area contributed by atoms with Gasteiger partial charge in [-0.1, -0.05) is 30.3 Å². The number of pyridine rings is 1. The fourth-order valence-electron chi connectivity index (χ4n) is 2.17. The maximum atomic E-state index is 6.21. The van der Waals surface area contributed by atoms with Gasteiger partial charge in [0.15, 0.2) is 5.65 Å². The number of aryl methyl sites for hydroxylation is 1. The topological polar surface area (TPSA) is 67.6 Å². The molecular formula is C15H15BrN4. The highest BCUT2D eigenvalue weighted by Crippen LogP contribution is 2.19. The number of imidazole rings is 1. The third kappa shape index (κ3) is 2.89. The molecule has 102 valence electrons. The number of fused-ring (bicyclic) bond motifs is 1. The zero-order chi connectivity index (χ0) is 13.9. The van der Waals surface area contributed by atoms with Crippen LogP contribution in [0.3, 0.4) is 0 Å². The molecule has 0 aliphatic rings. The van der Waals surface area contributed by atoms with E-state index in [0.717, 1.165) is 28.7 Å². The third-order valence-electron chi connectivity index (χ3n) is 3.26. The molecule has 0 amide bonds. The molecule has 3 N–H and O–H groups in total. The van der Waals surface area contributed by atoms with Crippen molar-refractivity contribution in [2.75, 3.05) is 0 Å². The standard InChI is InChI=1S/C15H15BrN4/c16-11-8-13-15(18-9-11)20-14(19-13)12(17)7-6-10-4-2-1-3-5-10/h1-5,8-9,12H,6-7,17H2,(H,18,19,20). The van der Waals surface area contributed by atoms with Crippen molar-refractivity contribution in [1.29, 1.82) is 0 Å². The molecule has 3 rings (SSSR count). The number of H-pyrrole nitrogens is 1. The van der Waals surface area contributed by atoms with Gasteiger partial charge in [0.1, 0.15) is 5.82 Å². The number of nitrogens with one attached hydrogen (secondary N) is 1. The first-order chi connectivity index (χ1) is 9.72. The lowest BCUT2D eigenvalue weighted by molar-refractivity contribution is 0.621. The molecule has 4 nitrogen and oxygen atoms in total. The Balaban J connectivity index is 1.73. The Morgan fingerprint density at radius 3 is 2.85 bits per heavy atom. The summed E-state index contributed by atoms with van der Waals surface area (Å²) in [4.78, 5) is 12.0. The smallest absolute Gasteiger partial charge is 0.177 e. The van der Waals surface area contributed by atoms with Gasteiger partial charge in [0.05, 0.1) is 11.6 Å². The van der Waals surface area contributed by atoms with Gasteiger partial charge in [-0.05, 0) is 40.4 Å². The third-order valence-corrected chi connectivity index (χ3v) is 3.69. The maximum absolute atomic E-state index is 6.21. The molecule has 2 heterocycles. The van der Waals surface area contributed by atoms with Crippen LogP contribution >= 0.6 is 15.9 Å². The van der Waals surface area contributed by atoms with Crippen molar-refractivity contribution < 1.29 is 0 Å². The van der Waals surface area contributed by atoms with Crippen LogP contribution in [-0.2, 0) is 6.42 Å². The highest BCUT2D eigenvalue weighted by molar-refractivity contribution is 9.10. The van der Waals surface area contributed by atoms with E-state index in [4.69, 9.17) is 5.73 Å². The highest BCUT2D eigenvalue weighted by atomic mass is 79.9. The van der Waals surface area contributed by atoms with Gasteiger partial charge in [0, 0.05) is 10.7 Å². The van der Waals surface area contributed by atoms with E-state index in [-0.39, 0.29) is 6.04 Å². The van der Waals surface area contributed by atoms with Gasteiger partial charge < -0.3 is 10.7 Å². The average molecular weight is 331 g/mol. The summed E-state index contributed by atoms with van der Waals surface area (Å²) < 4.78 is 0.929. The van der Waals surface area contributed by atoms with Crippen LogP contribution in [0.15, 0.2) is 47.1 Å². The van der Waals surface area contributed by atoms with Gasteiger partial charge in [0.25, 0.3) is 0 Å². The number of aromatic amines is 1. The molecule has 0 spiro atoms. The monoisotopic (exact) mass is 330 g/mol. The van der Waals surface area contributed by atoms with E-state index in [0.29, 0.717) is 5.65 Å². The molecule has 1 unspecified atom stereocenters. The van der Waals surface area contributed by atoms with Gasteiger partial charge in [-0.25, -0.2) is 9.97 Å². The lowest BCUT2D eigenvalue weighted by Crippen LogP contribution is -2.13. The molecule has 1 atom stereocenters. The Bertz CT molecular complexity index is 708. The Morgan fingerprint density at radius 1 is 1.25 bits per heavy atom. The minimum Gasteiger partial charge on any atom is -0.339 e. The summed E-state index contributed by atoms with van der Waals surface area (Å²) in [5.74, 6) is 0.793. The minimum atomic E-state index is -0.108. The molecule has 0 saturated carbocycles. The first-order valence-electron chi connectivity index (χ1n) is 6.53. The van der Waals surface area contributed by atoms with E-state index in [1.807, 2.05) is 24.3 Å². The first-order valence-corrected chi connectivity index (χ1v) is 7.32. The van der Waals surface area contributed by atoms with Crippen LogP contribution in [0.4, 0.5) is 0 Å². The molecule has 0 aliphatic heterocycles. The van der Waals surface area contributed by atoms with E-state index < -0.39 is 0 Å². The summed E-state index contributed by atoms with van der Waals surface area (Å²) in [6.07, 6.45) is 3.53. The van der Waals surface area contributed by atoms with Crippen LogP contribution in [0, 0.1) is 0 Å². The zero-order valence-corrected chi connectivity index (χ0v) is 12.5. The minimum absolute atomic E-state index is 0.108. The van der Waals surface area contributed by atoms with Gasteiger partial charge in [0.2, 0.25) is 0 Å². The van der Waals surface area contributed by atoms with E-state index >= 15 is 0 Å². The highest BCUT2D eigenvalue weighted by Gasteiger charge is 2.12. The summed E-state index contributed by atoms with van der Waals surface area (Å²) in [6.45, 7) is 0. The number of hydrogen-bond donors (Lipinski definition) is 2. The van der Waals surface area contributed by atoms with Crippen molar-refractivity contribution in [2.24, 2.45) is 5.73 Å². The SMILES string of the molecule is NC(CCc1ccccc1)c1nc2ncc(Br)cc2[nH]1. The molecule has 0 bridgehead atoms. The molecule has 2 aromatic heterocycles. The van der Waals surface area contributed by atoms with Gasteiger partial charge in [-0.2, -0.15) is 0 Å². The predicted molar refractivity (Wildman–Crippen MR) is 83.3 cm³/mol. The number of aromatic nitrogens is 3. The molecular weight excluding hydrogens is 316 g/mol. The molecule has 0 fully saturated rings. The van der Waals surface area contributed by atoms with Gasteiger partial charge in [-0.3, -0.25) is 0 Å². The molecule has 3 aromatic rings. The number of halogens is 1. The summed E-state index contributed by atoms with van der Waals surface area (Å²) in [7, 11) is 0. The molecule has 5 heteroatoms. The van der Waals surface area contributed by atoms with Crippen LogP contribution in [0.5, 0.6) is 0 Å². The van der Waals surface area contributed by atoms with Crippen LogP contribution < -0.4 is 5.73 Å². The van der Waals surface area contributed by atoms with Crippen molar-refractivity contribution in [2.45, 2.75) is 18.9 Å². The molecule has 0 aliphatic carbocycles. The molecule has 1 aromatic carbocycles. The number of hydrogen-bond acceptors (Lipinski definition) is 3. The van der Waals surface area contributed by atoms with E-state index in [1.54, 1.807) is 6.20 Å². The van der Waals surface area contributed by atoms with E-state index in [2.05, 4.69) is 43.0 Å². The van der Waals surface area contributed by atoms with Crippen molar-refractivity contribution >= 4 is 27.1 Å². The summed E-state index contributed by atoms with van der Waals surface area (Å²) in [6, 6.07) is 12.2. The Hall–Kier alpha value is -1.72. The van der Waals surface area contributed by atoms with Crippen molar-refractivity contribution in [3.05, 3.63) is 58.5 Å². The van der Waals surface area contributed by atoms with Crippen LogP contribution in [0.1, 0.15) is 23.9 Å². The normalized spacial score (nSPS) is 12.7. The number of nitrogens with two attached hydrogens (primary N) is 1. The summed E-state index contributed by atoms with van der Waals surface area (Å²) in [5.41, 5.74) is 9.12. The summed E-state index contributed by atoms with van der Waals surface area (Å²) in [5, 5.41) is 0. The molecule has 0 radical (unpaired) electrons. The maximum Gasteiger partial charge on any atom is 0.177 e. The van der Waals surface area contributed by atoms with Crippen LogP contribution in [0.2, 0.25) is 0 Å². The van der Waals surface area contributed by atoms with Crippen molar-refractivity contribution in [1.82, 2.24) is 15.0 Å². The van der Waals surface area contributed by atoms with Crippen LogP contribution in [-0.4, -0.2) is 15.0 Å².